The van der Waals surface area contributed by atoms with E-state index in [4.69, 9.17) is 0 Å². The number of hydrogen-bond donors (Lipinski definition) is 0. The molecular formula is C33H43Br2P. The summed E-state index contributed by atoms with van der Waals surface area (Å²) >= 11 is 8.05. The number of halogens is 2. The predicted octanol–water partition coefficient (Wildman–Crippen LogP) is 10.1. The number of unbranched alkanes of at least 4 members (excludes halogenated alkanes) is 10. The molecule has 3 aromatic carbocycles. The quantitative estimate of drug-likeness (QED) is 0.0603. The summed E-state index contributed by atoms with van der Waals surface area (Å²) in [7, 11) is 0. The predicted molar refractivity (Wildman–Crippen MR) is 173 cm³/mol. The van der Waals surface area contributed by atoms with Crippen LogP contribution in [0.1, 0.15) is 70.6 Å². The number of alkyl halides is 1. The SMILES string of the molecule is BrCCCCCCCCCCCCC=CCP(Br)(c1ccccc1)(c1ccccc1)c1ccccc1. The molecule has 0 spiro atoms. The third-order valence-corrected chi connectivity index (χ3v) is 17.4. The summed E-state index contributed by atoms with van der Waals surface area (Å²) in [4.78, 5) is 0. The Morgan fingerprint density at radius 1 is 0.472 bits per heavy atom. The van der Waals surface area contributed by atoms with E-state index in [9.17, 15) is 0 Å². The van der Waals surface area contributed by atoms with Crippen molar-refractivity contribution >= 4 is 52.6 Å². The molecule has 0 aliphatic carbocycles. The third-order valence-electron chi connectivity index (χ3n) is 7.25. The number of allylic oxidation sites excluding steroid dienone is 2. The van der Waals surface area contributed by atoms with Crippen LogP contribution in [-0.2, 0) is 0 Å². The molecule has 0 amide bonds. The Kier molecular flexibility index (Phi) is 13.0. The molecule has 3 aromatic rings. The van der Waals surface area contributed by atoms with Crippen LogP contribution in [0.5, 0.6) is 0 Å². The van der Waals surface area contributed by atoms with Crippen LogP contribution in [0.25, 0.3) is 0 Å². The van der Waals surface area contributed by atoms with Gasteiger partial charge in [-0.05, 0) is 6.42 Å². The second-order valence-corrected chi connectivity index (χ2v) is 19.6. The van der Waals surface area contributed by atoms with Gasteiger partial charge in [-0.2, -0.15) is 0 Å². The van der Waals surface area contributed by atoms with Crippen molar-refractivity contribution in [3.8, 4) is 0 Å². The summed E-state index contributed by atoms with van der Waals surface area (Å²) < 4.78 is 0. The second kappa shape index (κ2) is 15.9. The van der Waals surface area contributed by atoms with E-state index >= 15 is 0 Å². The zero-order valence-electron chi connectivity index (χ0n) is 21.7. The Labute approximate surface area is 236 Å². The molecule has 0 saturated carbocycles. The molecular weight excluding hydrogens is 587 g/mol. The van der Waals surface area contributed by atoms with Gasteiger partial charge in [-0.25, -0.2) is 0 Å². The van der Waals surface area contributed by atoms with E-state index in [2.05, 4.69) is 135 Å². The molecule has 0 aliphatic rings. The Hall–Kier alpha value is -1.21. The van der Waals surface area contributed by atoms with Gasteiger partial charge in [-0.15, -0.1) is 0 Å². The van der Waals surface area contributed by atoms with E-state index in [1.54, 1.807) is 0 Å². The monoisotopic (exact) mass is 628 g/mol. The Balaban J connectivity index is 1.61. The molecule has 194 valence electrons. The fourth-order valence-corrected chi connectivity index (χ4v) is 12.6. The average molecular weight is 630 g/mol. The molecule has 0 atom stereocenters. The molecule has 0 radical (unpaired) electrons. The van der Waals surface area contributed by atoms with Gasteiger partial charge in [0, 0.05) is 5.33 Å². The Bertz CT molecular complexity index is 902. The second-order valence-electron chi connectivity index (χ2n) is 9.86. The summed E-state index contributed by atoms with van der Waals surface area (Å²) in [6.07, 6.45) is 20.8. The number of rotatable bonds is 17. The van der Waals surface area contributed by atoms with Crippen LogP contribution in [-0.4, -0.2) is 11.5 Å². The van der Waals surface area contributed by atoms with Crippen LogP contribution in [0.15, 0.2) is 103 Å². The molecule has 0 aromatic heterocycles. The summed E-state index contributed by atoms with van der Waals surface area (Å²) in [6, 6.07) is 33.3. The van der Waals surface area contributed by atoms with Gasteiger partial charge in [0.05, 0.1) is 0 Å². The fraction of sp³-hybridized carbons (Fsp3) is 0.394. The van der Waals surface area contributed by atoms with E-state index in [0.29, 0.717) is 0 Å². The zero-order valence-corrected chi connectivity index (χ0v) is 25.8. The van der Waals surface area contributed by atoms with Crippen LogP contribution >= 0.6 is 36.7 Å². The standard InChI is InChI=1S/C33H43Br2P/c34-29-21-10-8-6-4-2-1-3-5-7-9-11-22-30-36(35,31-23-15-12-16-24-31,32-25-17-13-18-26-32)33-27-19-14-20-28-33/h11-20,22-28H,1-10,21,29-30H2. The average Bonchev–Trinajstić information content (AvgIpc) is 2.94. The molecule has 0 fully saturated rings. The molecule has 3 rings (SSSR count). The normalized spacial score (nSPS) is 13.0. The van der Waals surface area contributed by atoms with Crippen molar-refractivity contribution in [2.24, 2.45) is 0 Å². The first-order valence-corrected chi connectivity index (χ1v) is 19.4. The minimum atomic E-state index is -2.82. The van der Waals surface area contributed by atoms with Gasteiger partial charge in [0.15, 0.2) is 0 Å². The van der Waals surface area contributed by atoms with Crippen LogP contribution in [0.2, 0.25) is 0 Å². The maximum atomic E-state index is 4.53. The van der Waals surface area contributed by atoms with E-state index < -0.39 is 5.31 Å². The van der Waals surface area contributed by atoms with Crippen molar-refractivity contribution in [3.63, 3.8) is 0 Å². The van der Waals surface area contributed by atoms with E-state index in [1.807, 2.05) is 0 Å². The Morgan fingerprint density at radius 3 is 1.22 bits per heavy atom. The van der Waals surface area contributed by atoms with E-state index in [1.165, 1.54) is 86.5 Å². The number of hydrogen-bond acceptors (Lipinski definition) is 0. The molecule has 0 N–H and O–H groups in total. The van der Waals surface area contributed by atoms with Crippen LogP contribution in [0, 0.1) is 0 Å². The van der Waals surface area contributed by atoms with Crippen molar-refractivity contribution in [2.75, 3.05) is 11.5 Å². The molecule has 0 heterocycles. The molecule has 3 heteroatoms. The first-order valence-electron chi connectivity index (χ1n) is 13.8. The summed E-state index contributed by atoms with van der Waals surface area (Å²) in [6.45, 7) is 0. The topological polar surface area (TPSA) is 0 Å². The molecule has 0 bridgehead atoms. The summed E-state index contributed by atoms with van der Waals surface area (Å²) in [5, 5.41) is 2.50. The molecule has 0 nitrogen and oxygen atoms in total. The number of benzene rings is 3. The van der Waals surface area contributed by atoms with Crippen LogP contribution < -0.4 is 15.9 Å². The van der Waals surface area contributed by atoms with Gasteiger partial charge < -0.3 is 0 Å². The van der Waals surface area contributed by atoms with Gasteiger partial charge in [0.2, 0.25) is 0 Å². The van der Waals surface area contributed by atoms with E-state index in [0.717, 1.165) is 11.5 Å². The van der Waals surface area contributed by atoms with Gasteiger partial charge in [-0.1, -0.05) is 22.4 Å². The molecule has 36 heavy (non-hydrogen) atoms. The maximum absolute atomic E-state index is 4.53. The van der Waals surface area contributed by atoms with E-state index in [-0.39, 0.29) is 0 Å². The van der Waals surface area contributed by atoms with Crippen LogP contribution in [0.3, 0.4) is 0 Å². The van der Waals surface area contributed by atoms with Crippen LogP contribution in [0.4, 0.5) is 0 Å². The molecule has 0 aliphatic heterocycles. The third kappa shape index (κ3) is 7.89. The van der Waals surface area contributed by atoms with Crippen molar-refractivity contribution < 1.29 is 0 Å². The molecule has 0 unspecified atom stereocenters. The summed E-state index contributed by atoms with van der Waals surface area (Å²) in [5.41, 5.74) is 0. The molecule has 0 saturated heterocycles. The van der Waals surface area contributed by atoms with Crippen molar-refractivity contribution in [3.05, 3.63) is 103 Å². The van der Waals surface area contributed by atoms with Crippen molar-refractivity contribution in [2.45, 2.75) is 70.6 Å². The van der Waals surface area contributed by atoms with Crippen molar-refractivity contribution in [1.29, 1.82) is 0 Å². The minimum absolute atomic E-state index is 0.985. The zero-order chi connectivity index (χ0) is 25.4. The van der Waals surface area contributed by atoms with Gasteiger partial charge in [0.1, 0.15) is 0 Å². The first kappa shape index (κ1) is 29.3. The van der Waals surface area contributed by atoms with Crippen molar-refractivity contribution in [1.82, 2.24) is 0 Å². The Morgan fingerprint density at radius 2 is 0.833 bits per heavy atom. The van der Waals surface area contributed by atoms with Gasteiger partial charge in [0.25, 0.3) is 0 Å². The van der Waals surface area contributed by atoms with Gasteiger partial charge in [-0.3, -0.25) is 0 Å². The van der Waals surface area contributed by atoms with Gasteiger partial charge >= 0.3 is 204 Å². The summed E-state index contributed by atoms with van der Waals surface area (Å²) in [5.74, 6) is 0. The first-order chi connectivity index (χ1) is 17.7. The fourth-order valence-electron chi connectivity index (χ4n) is 5.14.